The number of halogens is 1. The number of hydrogen-bond donors (Lipinski definition) is 1. The first-order valence-electron chi connectivity index (χ1n) is 6.39. The van der Waals surface area contributed by atoms with Gasteiger partial charge in [0.25, 0.3) is 5.91 Å². The molecule has 1 aliphatic rings. The van der Waals surface area contributed by atoms with Crippen molar-refractivity contribution in [1.29, 1.82) is 0 Å². The fourth-order valence-corrected chi connectivity index (χ4v) is 2.81. The van der Waals surface area contributed by atoms with Gasteiger partial charge in [0.2, 0.25) is 5.91 Å². The Hall–Kier alpha value is -1.36. The highest BCUT2D eigenvalue weighted by Crippen LogP contribution is 2.22. The van der Waals surface area contributed by atoms with Gasteiger partial charge in [-0.2, -0.15) is 0 Å². The minimum atomic E-state index is 0.0304. The Morgan fingerprint density at radius 2 is 1.89 bits per heavy atom. The molecular formula is C14H17BrN2O2. The SMILES string of the molecule is CNC(=O)C1CCN(C(=O)c2ccccc2Br)CC1. The molecule has 1 aliphatic heterocycles. The van der Waals surface area contributed by atoms with E-state index >= 15 is 0 Å². The Balaban J connectivity index is 2.00. The van der Waals surface area contributed by atoms with Crippen molar-refractivity contribution in [2.45, 2.75) is 12.8 Å². The monoisotopic (exact) mass is 324 g/mol. The lowest BCUT2D eigenvalue weighted by molar-refractivity contribution is -0.125. The number of nitrogens with zero attached hydrogens (tertiary/aromatic N) is 1. The van der Waals surface area contributed by atoms with Crippen molar-refractivity contribution in [2.24, 2.45) is 5.92 Å². The van der Waals surface area contributed by atoms with Gasteiger partial charge in [-0.05, 0) is 40.9 Å². The second-order valence-electron chi connectivity index (χ2n) is 4.66. The van der Waals surface area contributed by atoms with Gasteiger partial charge in [0, 0.05) is 30.5 Å². The van der Waals surface area contributed by atoms with Gasteiger partial charge in [-0.1, -0.05) is 12.1 Å². The maximum absolute atomic E-state index is 12.4. The smallest absolute Gasteiger partial charge is 0.254 e. The van der Waals surface area contributed by atoms with Gasteiger partial charge in [-0.3, -0.25) is 9.59 Å². The van der Waals surface area contributed by atoms with Crippen LogP contribution in [-0.4, -0.2) is 36.9 Å². The van der Waals surface area contributed by atoms with Crippen molar-refractivity contribution < 1.29 is 9.59 Å². The fourth-order valence-electron chi connectivity index (χ4n) is 2.35. The highest BCUT2D eigenvalue weighted by molar-refractivity contribution is 9.10. The molecule has 0 spiro atoms. The van der Waals surface area contributed by atoms with Crippen molar-refractivity contribution in [1.82, 2.24) is 10.2 Å². The maximum atomic E-state index is 12.4. The van der Waals surface area contributed by atoms with Crippen LogP contribution in [0, 0.1) is 5.92 Å². The van der Waals surface area contributed by atoms with Crippen LogP contribution >= 0.6 is 15.9 Å². The molecule has 0 aromatic heterocycles. The summed E-state index contributed by atoms with van der Waals surface area (Å²) in [5.74, 6) is 0.143. The highest BCUT2D eigenvalue weighted by Gasteiger charge is 2.27. The van der Waals surface area contributed by atoms with Crippen molar-refractivity contribution in [3.05, 3.63) is 34.3 Å². The number of rotatable bonds is 2. The van der Waals surface area contributed by atoms with E-state index in [9.17, 15) is 9.59 Å². The lowest BCUT2D eigenvalue weighted by atomic mass is 9.95. The Labute approximate surface area is 121 Å². The average molecular weight is 325 g/mol. The molecule has 1 aromatic rings. The van der Waals surface area contributed by atoms with Gasteiger partial charge in [-0.25, -0.2) is 0 Å². The number of carbonyl (C=O) groups is 2. The molecule has 0 atom stereocenters. The first-order valence-corrected chi connectivity index (χ1v) is 7.18. The predicted octanol–water partition coefficient (Wildman–Crippen LogP) is 2.05. The molecular weight excluding hydrogens is 308 g/mol. The summed E-state index contributed by atoms with van der Waals surface area (Å²) in [4.78, 5) is 25.7. The molecule has 0 unspecified atom stereocenters. The summed E-state index contributed by atoms with van der Waals surface area (Å²) < 4.78 is 0.813. The Bertz CT molecular complexity index is 482. The highest BCUT2D eigenvalue weighted by atomic mass is 79.9. The molecule has 1 aromatic carbocycles. The number of piperidine rings is 1. The third-order valence-corrected chi connectivity index (χ3v) is 4.20. The molecule has 1 fully saturated rings. The van der Waals surface area contributed by atoms with Crippen molar-refractivity contribution in [3.8, 4) is 0 Å². The Morgan fingerprint density at radius 1 is 1.26 bits per heavy atom. The van der Waals surface area contributed by atoms with Crippen molar-refractivity contribution in [3.63, 3.8) is 0 Å². The van der Waals surface area contributed by atoms with E-state index in [0.717, 1.165) is 17.3 Å². The number of benzene rings is 1. The number of amides is 2. The largest absolute Gasteiger partial charge is 0.359 e. The standard InChI is InChI=1S/C14H17BrN2O2/c1-16-13(18)10-6-8-17(9-7-10)14(19)11-4-2-3-5-12(11)15/h2-5,10H,6-9H2,1H3,(H,16,18). The molecule has 1 saturated heterocycles. The second kappa shape index (κ2) is 6.19. The molecule has 19 heavy (non-hydrogen) atoms. The zero-order chi connectivity index (χ0) is 13.8. The molecule has 1 heterocycles. The van der Waals surface area contributed by atoms with Crippen molar-refractivity contribution >= 4 is 27.7 Å². The number of carbonyl (C=O) groups excluding carboxylic acids is 2. The van der Waals surface area contributed by atoms with Crippen molar-refractivity contribution in [2.75, 3.05) is 20.1 Å². The summed E-state index contributed by atoms with van der Waals surface area (Å²) in [7, 11) is 1.65. The van der Waals surface area contributed by atoms with E-state index in [-0.39, 0.29) is 17.7 Å². The van der Waals surface area contributed by atoms with Crippen LogP contribution in [0.2, 0.25) is 0 Å². The summed E-state index contributed by atoms with van der Waals surface area (Å²) >= 11 is 3.40. The van der Waals surface area contributed by atoms with E-state index in [4.69, 9.17) is 0 Å². The summed E-state index contributed by atoms with van der Waals surface area (Å²) in [6.45, 7) is 1.27. The number of hydrogen-bond acceptors (Lipinski definition) is 2. The summed E-state index contributed by atoms with van der Waals surface area (Å²) in [5, 5.41) is 2.67. The van der Waals surface area contributed by atoms with Crippen LogP contribution in [0.25, 0.3) is 0 Å². The molecule has 0 bridgehead atoms. The van der Waals surface area contributed by atoms with Crippen LogP contribution in [-0.2, 0) is 4.79 Å². The van der Waals surface area contributed by atoms with Gasteiger partial charge < -0.3 is 10.2 Å². The van der Waals surface area contributed by atoms with E-state index in [1.807, 2.05) is 29.2 Å². The summed E-state index contributed by atoms with van der Waals surface area (Å²) in [6, 6.07) is 7.43. The summed E-state index contributed by atoms with van der Waals surface area (Å²) in [5.41, 5.74) is 0.681. The van der Waals surface area contributed by atoms with E-state index in [2.05, 4.69) is 21.2 Å². The maximum Gasteiger partial charge on any atom is 0.254 e. The minimum Gasteiger partial charge on any atom is -0.359 e. The quantitative estimate of drug-likeness (QED) is 0.905. The molecule has 0 saturated carbocycles. The Morgan fingerprint density at radius 3 is 2.47 bits per heavy atom. The van der Waals surface area contributed by atoms with Gasteiger partial charge in [-0.15, -0.1) is 0 Å². The van der Waals surface area contributed by atoms with E-state index in [1.165, 1.54) is 0 Å². The lowest BCUT2D eigenvalue weighted by Gasteiger charge is -2.31. The summed E-state index contributed by atoms with van der Waals surface area (Å²) in [6.07, 6.45) is 1.46. The first-order chi connectivity index (χ1) is 9.13. The predicted molar refractivity (Wildman–Crippen MR) is 76.8 cm³/mol. The van der Waals surface area contributed by atoms with Crippen LogP contribution in [0.5, 0.6) is 0 Å². The average Bonchev–Trinajstić information content (AvgIpc) is 2.46. The van der Waals surface area contributed by atoms with Crippen LogP contribution < -0.4 is 5.32 Å². The van der Waals surface area contributed by atoms with Crippen LogP contribution in [0.4, 0.5) is 0 Å². The van der Waals surface area contributed by atoms with Gasteiger partial charge in [0.05, 0.1) is 5.56 Å². The van der Waals surface area contributed by atoms with Gasteiger partial charge in [0.15, 0.2) is 0 Å². The third kappa shape index (κ3) is 3.15. The van der Waals surface area contributed by atoms with E-state index in [1.54, 1.807) is 7.05 Å². The third-order valence-electron chi connectivity index (χ3n) is 3.50. The van der Waals surface area contributed by atoms with Crippen LogP contribution in [0.1, 0.15) is 23.2 Å². The zero-order valence-corrected chi connectivity index (χ0v) is 12.4. The Kier molecular flexibility index (Phi) is 4.58. The molecule has 2 rings (SSSR count). The first kappa shape index (κ1) is 14.1. The second-order valence-corrected chi connectivity index (χ2v) is 5.51. The molecule has 5 heteroatoms. The topological polar surface area (TPSA) is 49.4 Å². The number of likely N-dealkylation sites (tertiary alicyclic amines) is 1. The van der Waals surface area contributed by atoms with Gasteiger partial charge in [0.1, 0.15) is 0 Å². The number of nitrogens with one attached hydrogen (secondary N) is 1. The minimum absolute atomic E-state index is 0.0304. The molecule has 1 N–H and O–H groups in total. The van der Waals surface area contributed by atoms with Gasteiger partial charge >= 0.3 is 0 Å². The fraction of sp³-hybridized carbons (Fsp3) is 0.429. The molecule has 102 valence electrons. The molecule has 4 nitrogen and oxygen atoms in total. The normalized spacial score (nSPS) is 16.2. The molecule has 0 radical (unpaired) electrons. The van der Waals surface area contributed by atoms with Crippen LogP contribution in [0.15, 0.2) is 28.7 Å². The van der Waals surface area contributed by atoms with E-state index < -0.39 is 0 Å². The molecule has 2 amide bonds. The molecule has 0 aliphatic carbocycles. The van der Waals surface area contributed by atoms with Crippen LogP contribution in [0.3, 0.4) is 0 Å². The van der Waals surface area contributed by atoms with E-state index in [0.29, 0.717) is 18.7 Å². The lowest BCUT2D eigenvalue weighted by Crippen LogP contribution is -2.42. The zero-order valence-electron chi connectivity index (χ0n) is 10.9.